The van der Waals surface area contributed by atoms with Crippen molar-refractivity contribution in [3.8, 4) is 0 Å². The lowest BCUT2D eigenvalue weighted by Gasteiger charge is -2.16. The van der Waals surface area contributed by atoms with E-state index in [2.05, 4.69) is 16.7 Å². The van der Waals surface area contributed by atoms with Gasteiger partial charge in [0.05, 0.1) is 23.7 Å². The molecule has 0 heterocycles. The molecule has 0 aliphatic heterocycles. The third kappa shape index (κ3) is 5.32. The maximum Gasteiger partial charge on any atom is 0.253 e. The Morgan fingerprint density at radius 2 is 1.59 bits per heavy atom. The standard InChI is InChI=1S/C25H26N2O2/c1-17-13-14-21(18(2)15-17)16-24(28)27-23-12-8-7-11-22(23)25(29)26-19(3)20-9-5-4-6-10-20/h4-15,19H,16H2,1-3H3,(H,26,29)(H,27,28)/t19-/m1/s1. The smallest absolute Gasteiger partial charge is 0.253 e. The lowest BCUT2D eigenvalue weighted by Crippen LogP contribution is -2.28. The predicted octanol–water partition coefficient (Wildman–Crippen LogP) is 4.98. The number of para-hydroxylation sites is 1. The minimum Gasteiger partial charge on any atom is -0.345 e. The first kappa shape index (κ1) is 20.3. The van der Waals surface area contributed by atoms with Crippen LogP contribution in [0.5, 0.6) is 0 Å². The van der Waals surface area contributed by atoms with Gasteiger partial charge in [-0.3, -0.25) is 9.59 Å². The monoisotopic (exact) mass is 386 g/mol. The molecule has 0 aliphatic rings. The number of hydrogen-bond acceptors (Lipinski definition) is 2. The molecule has 3 rings (SSSR count). The molecule has 0 aliphatic carbocycles. The Labute approximate surface area is 172 Å². The van der Waals surface area contributed by atoms with Gasteiger partial charge in [0.2, 0.25) is 5.91 Å². The summed E-state index contributed by atoms with van der Waals surface area (Å²) in [6.07, 6.45) is 0.266. The van der Waals surface area contributed by atoms with E-state index in [9.17, 15) is 9.59 Å². The molecule has 148 valence electrons. The van der Waals surface area contributed by atoms with E-state index in [1.807, 2.05) is 69.3 Å². The van der Waals surface area contributed by atoms with Crippen LogP contribution in [0, 0.1) is 13.8 Å². The highest BCUT2D eigenvalue weighted by Crippen LogP contribution is 2.19. The summed E-state index contributed by atoms with van der Waals surface area (Å²) in [5, 5.41) is 5.90. The van der Waals surface area contributed by atoms with Crippen LogP contribution in [0.2, 0.25) is 0 Å². The number of aryl methyl sites for hydroxylation is 2. The minimum absolute atomic E-state index is 0.136. The largest absolute Gasteiger partial charge is 0.345 e. The second-order valence-corrected chi connectivity index (χ2v) is 7.31. The van der Waals surface area contributed by atoms with Gasteiger partial charge in [0.15, 0.2) is 0 Å². The summed E-state index contributed by atoms with van der Waals surface area (Å²) < 4.78 is 0. The Kier molecular flexibility index (Phi) is 6.45. The Hall–Kier alpha value is -3.40. The van der Waals surface area contributed by atoms with Gasteiger partial charge in [-0.2, -0.15) is 0 Å². The van der Waals surface area contributed by atoms with Crippen LogP contribution in [0.15, 0.2) is 72.8 Å². The van der Waals surface area contributed by atoms with Gasteiger partial charge < -0.3 is 10.6 Å². The highest BCUT2D eigenvalue weighted by atomic mass is 16.2. The summed E-state index contributed by atoms with van der Waals surface area (Å²) in [4.78, 5) is 25.4. The van der Waals surface area contributed by atoms with Crippen LogP contribution in [-0.4, -0.2) is 11.8 Å². The van der Waals surface area contributed by atoms with Crippen LogP contribution in [-0.2, 0) is 11.2 Å². The van der Waals surface area contributed by atoms with E-state index >= 15 is 0 Å². The first-order valence-electron chi connectivity index (χ1n) is 9.75. The quantitative estimate of drug-likeness (QED) is 0.628. The van der Waals surface area contributed by atoms with Gasteiger partial charge in [0.1, 0.15) is 0 Å². The summed E-state index contributed by atoms with van der Waals surface area (Å²) in [7, 11) is 0. The first-order chi connectivity index (χ1) is 13.9. The molecule has 0 aromatic heterocycles. The van der Waals surface area contributed by atoms with Crippen molar-refractivity contribution in [2.75, 3.05) is 5.32 Å². The summed E-state index contributed by atoms with van der Waals surface area (Å²) in [6.45, 7) is 5.97. The maximum atomic E-state index is 12.8. The number of hydrogen-bond donors (Lipinski definition) is 2. The predicted molar refractivity (Wildman–Crippen MR) is 117 cm³/mol. The van der Waals surface area contributed by atoms with Gasteiger partial charge in [-0.05, 0) is 49.6 Å². The molecule has 0 radical (unpaired) electrons. The van der Waals surface area contributed by atoms with Crippen molar-refractivity contribution in [2.45, 2.75) is 33.2 Å². The summed E-state index contributed by atoms with van der Waals surface area (Å²) in [5.74, 6) is -0.364. The number of carbonyl (C=O) groups excluding carboxylic acids is 2. The summed E-state index contributed by atoms with van der Waals surface area (Å²) >= 11 is 0. The summed E-state index contributed by atoms with van der Waals surface area (Å²) in [6, 6.07) is 22.8. The molecule has 0 unspecified atom stereocenters. The van der Waals surface area contributed by atoms with Crippen molar-refractivity contribution in [2.24, 2.45) is 0 Å². The average molecular weight is 386 g/mol. The normalized spacial score (nSPS) is 11.6. The van der Waals surface area contributed by atoms with Crippen LogP contribution >= 0.6 is 0 Å². The molecule has 3 aromatic carbocycles. The van der Waals surface area contributed by atoms with E-state index < -0.39 is 0 Å². The van der Waals surface area contributed by atoms with E-state index in [4.69, 9.17) is 0 Å². The Morgan fingerprint density at radius 3 is 2.31 bits per heavy atom. The third-order valence-electron chi connectivity index (χ3n) is 4.94. The highest BCUT2D eigenvalue weighted by Gasteiger charge is 2.16. The van der Waals surface area contributed by atoms with Crippen LogP contribution in [0.1, 0.15) is 45.6 Å². The second-order valence-electron chi connectivity index (χ2n) is 7.31. The van der Waals surface area contributed by atoms with Crippen molar-refractivity contribution in [1.82, 2.24) is 5.32 Å². The molecule has 0 saturated carbocycles. The second kappa shape index (κ2) is 9.20. The van der Waals surface area contributed by atoms with Crippen molar-refractivity contribution >= 4 is 17.5 Å². The van der Waals surface area contributed by atoms with E-state index in [0.29, 0.717) is 11.3 Å². The Bertz CT molecular complexity index is 1010. The molecule has 2 N–H and O–H groups in total. The van der Waals surface area contributed by atoms with Crippen molar-refractivity contribution in [3.05, 3.63) is 101 Å². The molecule has 3 aromatic rings. The summed E-state index contributed by atoms with van der Waals surface area (Å²) in [5.41, 5.74) is 5.22. The topological polar surface area (TPSA) is 58.2 Å². The van der Waals surface area contributed by atoms with E-state index in [1.54, 1.807) is 18.2 Å². The molecule has 4 nitrogen and oxygen atoms in total. The van der Waals surface area contributed by atoms with Crippen LogP contribution in [0.4, 0.5) is 5.69 Å². The van der Waals surface area contributed by atoms with Gasteiger partial charge in [-0.25, -0.2) is 0 Å². The maximum absolute atomic E-state index is 12.8. The fourth-order valence-corrected chi connectivity index (χ4v) is 3.30. The van der Waals surface area contributed by atoms with Crippen LogP contribution < -0.4 is 10.6 Å². The van der Waals surface area contributed by atoms with Gasteiger partial charge in [0, 0.05) is 0 Å². The third-order valence-corrected chi connectivity index (χ3v) is 4.94. The molecule has 0 bridgehead atoms. The van der Waals surface area contributed by atoms with E-state index in [0.717, 1.165) is 16.7 Å². The Balaban J connectivity index is 1.71. The number of carbonyl (C=O) groups is 2. The number of anilines is 1. The minimum atomic E-state index is -0.219. The fraction of sp³-hybridized carbons (Fsp3) is 0.200. The van der Waals surface area contributed by atoms with Crippen LogP contribution in [0.25, 0.3) is 0 Å². The number of rotatable bonds is 6. The number of benzene rings is 3. The van der Waals surface area contributed by atoms with Gasteiger partial charge in [-0.15, -0.1) is 0 Å². The fourth-order valence-electron chi connectivity index (χ4n) is 3.30. The molecular weight excluding hydrogens is 360 g/mol. The molecule has 0 saturated heterocycles. The first-order valence-corrected chi connectivity index (χ1v) is 9.75. The van der Waals surface area contributed by atoms with E-state index in [1.165, 1.54) is 5.56 Å². The molecule has 0 spiro atoms. The zero-order chi connectivity index (χ0) is 20.8. The number of amides is 2. The molecule has 1 atom stereocenters. The van der Waals surface area contributed by atoms with Crippen molar-refractivity contribution in [1.29, 1.82) is 0 Å². The average Bonchev–Trinajstić information content (AvgIpc) is 2.71. The lowest BCUT2D eigenvalue weighted by atomic mass is 10.0. The molecule has 4 heteroatoms. The SMILES string of the molecule is Cc1ccc(CC(=O)Nc2ccccc2C(=O)N[C@H](C)c2ccccc2)c(C)c1. The van der Waals surface area contributed by atoms with Crippen LogP contribution in [0.3, 0.4) is 0 Å². The molecule has 29 heavy (non-hydrogen) atoms. The molecular formula is C25H26N2O2. The molecule has 2 amide bonds. The number of nitrogens with one attached hydrogen (secondary N) is 2. The van der Waals surface area contributed by atoms with Gasteiger partial charge in [-0.1, -0.05) is 66.2 Å². The highest BCUT2D eigenvalue weighted by molar-refractivity contribution is 6.04. The molecule has 0 fully saturated rings. The Morgan fingerprint density at radius 1 is 0.897 bits per heavy atom. The van der Waals surface area contributed by atoms with E-state index in [-0.39, 0.29) is 24.3 Å². The zero-order valence-corrected chi connectivity index (χ0v) is 17.0. The van der Waals surface area contributed by atoms with Gasteiger partial charge in [0.25, 0.3) is 5.91 Å². The lowest BCUT2D eigenvalue weighted by molar-refractivity contribution is -0.115. The van der Waals surface area contributed by atoms with Gasteiger partial charge >= 0.3 is 0 Å². The zero-order valence-electron chi connectivity index (χ0n) is 17.0. The van der Waals surface area contributed by atoms with Crippen molar-refractivity contribution < 1.29 is 9.59 Å². The van der Waals surface area contributed by atoms with Crippen molar-refractivity contribution in [3.63, 3.8) is 0 Å².